The number of methoxy groups -OCH3 is 2. The quantitative estimate of drug-likeness (QED) is 0.125. The lowest BCUT2D eigenvalue weighted by atomic mass is 9.91. The number of hydrogen-bond acceptors (Lipinski definition) is 10. The molecule has 3 aromatic rings. The Labute approximate surface area is 237 Å². The molecule has 0 amide bonds. The molecule has 2 N–H and O–H groups in total. The van der Waals surface area contributed by atoms with Crippen molar-refractivity contribution in [2.45, 2.75) is 11.6 Å². The van der Waals surface area contributed by atoms with Gasteiger partial charge < -0.3 is 19.7 Å². The van der Waals surface area contributed by atoms with Crippen molar-refractivity contribution < 1.29 is 29.3 Å². The van der Waals surface area contributed by atoms with Crippen LogP contribution in [0.5, 0.6) is 11.5 Å². The normalized spacial score (nSPS) is 16.3. The average molecular weight is 638 g/mol. The molecule has 198 valence electrons. The van der Waals surface area contributed by atoms with Crippen molar-refractivity contribution in [1.82, 2.24) is 0 Å². The van der Waals surface area contributed by atoms with Gasteiger partial charge in [-0.2, -0.15) is 10.2 Å². The fourth-order valence-corrected chi connectivity index (χ4v) is 4.49. The minimum Gasteiger partial charge on any atom is -0.507 e. The first kappa shape index (κ1) is 27.6. The van der Waals surface area contributed by atoms with Crippen LogP contribution in [0.15, 0.2) is 109 Å². The summed E-state index contributed by atoms with van der Waals surface area (Å²) in [5.41, 5.74) is 0.160. The largest absolute Gasteiger partial charge is 0.507 e. The molecule has 0 saturated carbocycles. The fraction of sp³-hybridized carbons (Fsp3) is 0.143. The van der Waals surface area contributed by atoms with Gasteiger partial charge in [-0.15, -0.1) is 10.2 Å². The predicted molar refractivity (Wildman–Crippen MR) is 151 cm³/mol. The Morgan fingerprint density at radius 1 is 0.821 bits per heavy atom. The molecule has 1 atom stereocenters. The van der Waals surface area contributed by atoms with E-state index >= 15 is 0 Å². The third-order valence-corrected chi connectivity index (χ3v) is 6.96. The van der Waals surface area contributed by atoms with Crippen molar-refractivity contribution in [1.29, 1.82) is 0 Å². The number of hydrogen-bond donors (Lipinski definition) is 2. The third kappa shape index (κ3) is 6.20. The highest BCUT2D eigenvalue weighted by atomic mass is 127. The van der Waals surface area contributed by atoms with Gasteiger partial charge in [-0.25, -0.2) is 9.59 Å². The van der Waals surface area contributed by atoms with Gasteiger partial charge in [0.25, 0.3) is 0 Å². The Balaban J connectivity index is 1.75. The zero-order chi connectivity index (χ0) is 28.0. The van der Waals surface area contributed by atoms with E-state index in [1.807, 2.05) is 42.5 Å². The number of rotatable bonds is 7. The molecule has 1 aliphatic carbocycles. The molecule has 4 rings (SSSR count). The number of phenols is 2. The lowest BCUT2D eigenvalue weighted by Crippen LogP contribution is -2.23. The number of phenolic OH excluding ortho intramolecular Hbond substituents is 2. The van der Waals surface area contributed by atoms with Gasteiger partial charge in [0.05, 0.1) is 25.6 Å². The van der Waals surface area contributed by atoms with Crippen LogP contribution in [0.25, 0.3) is 0 Å². The van der Waals surface area contributed by atoms with Crippen LogP contribution >= 0.6 is 22.6 Å². The highest BCUT2D eigenvalue weighted by molar-refractivity contribution is 14.1. The summed E-state index contributed by atoms with van der Waals surface area (Å²) in [6, 6.07) is 18.2. The molecular formula is C28H23IN4O6. The van der Waals surface area contributed by atoms with Crippen LogP contribution < -0.4 is 0 Å². The maximum absolute atomic E-state index is 12.0. The van der Waals surface area contributed by atoms with Gasteiger partial charge >= 0.3 is 11.9 Å². The van der Waals surface area contributed by atoms with E-state index in [0.29, 0.717) is 3.58 Å². The van der Waals surface area contributed by atoms with Crippen molar-refractivity contribution in [2.75, 3.05) is 14.2 Å². The molecule has 0 fully saturated rings. The van der Waals surface area contributed by atoms with E-state index in [9.17, 15) is 19.8 Å². The van der Waals surface area contributed by atoms with Gasteiger partial charge in [0, 0.05) is 9.50 Å². The standard InChI is InChI=1S/C28H23IN4O6/c1-38-26(36)21-15-19(8-10-23(21)34)30-32-28(13-12-18(14-25(28)29)17-6-4-3-5-7-17)33-31-20-9-11-24(35)22(16-20)27(37)39-2/h3-16,18,34-35H,1-2H3/b32-30+,33-31+. The van der Waals surface area contributed by atoms with E-state index < -0.39 is 17.6 Å². The smallest absolute Gasteiger partial charge is 0.341 e. The lowest BCUT2D eigenvalue weighted by molar-refractivity contribution is 0.0588. The number of nitrogens with zero attached hydrogens (tertiary/aromatic N) is 4. The molecule has 0 radical (unpaired) electrons. The van der Waals surface area contributed by atoms with E-state index in [4.69, 9.17) is 9.47 Å². The predicted octanol–water partition coefficient (Wildman–Crippen LogP) is 6.91. The van der Waals surface area contributed by atoms with Crippen molar-refractivity contribution in [3.8, 4) is 11.5 Å². The van der Waals surface area contributed by atoms with Crippen molar-refractivity contribution in [3.63, 3.8) is 0 Å². The van der Waals surface area contributed by atoms with Crippen molar-refractivity contribution in [3.05, 3.63) is 105 Å². The zero-order valence-electron chi connectivity index (χ0n) is 20.9. The Hall–Kier alpha value is -4.39. The molecule has 0 aliphatic heterocycles. The second-order valence-electron chi connectivity index (χ2n) is 8.32. The summed E-state index contributed by atoms with van der Waals surface area (Å²) in [6.45, 7) is 0. The van der Waals surface area contributed by atoms with Crippen LogP contribution in [0, 0.1) is 0 Å². The maximum Gasteiger partial charge on any atom is 0.341 e. The van der Waals surface area contributed by atoms with Crippen LogP contribution in [0.2, 0.25) is 0 Å². The first-order valence-corrected chi connectivity index (χ1v) is 12.6. The summed E-state index contributed by atoms with van der Waals surface area (Å²) in [6.07, 6.45) is 5.69. The molecule has 0 saturated heterocycles. The number of ether oxygens (including phenoxy) is 2. The molecule has 3 aromatic carbocycles. The van der Waals surface area contributed by atoms with Crippen LogP contribution in [-0.4, -0.2) is 42.0 Å². The highest BCUT2D eigenvalue weighted by Crippen LogP contribution is 2.41. The Morgan fingerprint density at radius 3 is 1.79 bits per heavy atom. The molecule has 1 aliphatic rings. The van der Waals surface area contributed by atoms with Gasteiger partial charge in [0.2, 0.25) is 5.66 Å². The van der Waals surface area contributed by atoms with Crippen molar-refractivity contribution in [2.24, 2.45) is 20.5 Å². The third-order valence-electron chi connectivity index (χ3n) is 5.80. The van der Waals surface area contributed by atoms with E-state index in [0.717, 1.165) is 5.56 Å². The summed E-state index contributed by atoms with van der Waals surface area (Å²) in [5, 5.41) is 37.6. The second kappa shape index (κ2) is 12.0. The van der Waals surface area contributed by atoms with Crippen LogP contribution in [0.1, 0.15) is 32.2 Å². The molecular weight excluding hydrogens is 615 g/mol. The van der Waals surface area contributed by atoms with Gasteiger partial charge in [-0.05, 0) is 70.6 Å². The molecule has 10 nitrogen and oxygen atoms in total. The molecule has 0 bridgehead atoms. The molecule has 11 heteroatoms. The number of halogens is 1. The summed E-state index contributed by atoms with van der Waals surface area (Å²) < 4.78 is 10.1. The van der Waals surface area contributed by atoms with Crippen LogP contribution in [-0.2, 0) is 9.47 Å². The topological polar surface area (TPSA) is 142 Å². The number of carbonyl (C=O) groups is 2. The Morgan fingerprint density at radius 2 is 1.33 bits per heavy atom. The number of azo groups is 2. The number of esters is 2. The van der Waals surface area contributed by atoms with E-state index in [1.54, 1.807) is 6.08 Å². The van der Waals surface area contributed by atoms with E-state index in [1.165, 1.54) is 50.6 Å². The molecule has 0 spiro atoms. The minimum absolute atomic E-state index is 0.0316. The first-order chi connectivity index (χ1) is 18.8. The highest BCUT2D eigenvalue weighted by Gasteiger charge is 2.35. The number of carbonyl (C=O) groups excluding carboxylic acids is 2. The minimum atomic E-state index is -1.36. The fourth-order valence-electron chi connectivity index (χ4n) is 3.71. The number of benzene rings is 3. The number of aromatic hydroxyl groups is 2. The summed E-state index contributed by atoms with van der Waals surface area (Å²) in [7, 11) is 2.42. The number of allylic oxidation sites excluding steroid dienone is 2. The molecule has 1 unspecified atom stereocenters. The van der Waals surface area contributed by atoms with Gasteiger partial charge in [-0.1, -0.05) is 42.5 Å². The van der Waals surface area contributed by atoms with Gasteiger partial charge in [-0.3, -0.25) is 0 Å². The van der Waals surface area contributed by atoms with Crippen molar-refractivity contribution >= 4 is 45.9 Å². The lowest BCUT2D eigenvalue weighted by Gasteiger charge is -2.25. The first-order valence-electron chi connectivity index (χ1n) is 11.6. The van der Waals surface area contributed by atoms with E-state index in [-0.39, 0.29) is 39.9 Å². The summed E-state index contributed by atoms with van der Waals surface area (Å²) in [4.78, 5) is 24.0. The molecule has 0 heterocycles. The SMILES string of the molecule is COC(=O)c1cc(/N=N/C2(/N=N/c3ccc(O)c(C(=O)OC)c3)C=CC(c3ccccc3)C=C2I)ccc1O. The molecule has 0 aromatic heterocycles. The molecule has 39 heavy (non-hydrogen) atoms. The second-order valence-corrected chi connectivity index (χ2v) is 9.48. The van der Waals surface area contributed by atoms with Crippen LogP contribution in [0.4, 0.5) is 11.4 Å². The van der Waals surface area contributed by atoms with Gasteiger partial charge in [0.1, 0.15) is 22.6 Å². The Kier molecular flexibility index (Phi) is 8.49. The average Bonchev–Trinajstić information content (AvgIpc) is 2.97. The Bertz CT molecular complexity index is 1440. The summed E-state index contributed by atoms with van der Waals surface area (Å²) in [5.74, 6) is -1.96. The zero-order valence-corrected chi connectivity index (χ0v) is 23.0. The monoisotopic (exact) mass is 638 g/mol. The summed E-state index contributed by atoms with van der Waals surface area (Å²) >= 11 is 2.13. The van der Waals surface area contributed by atoms with Crippen LogP contribution in [0.3, 0.4) is 0 Å². The van der Waals surface area contributed by atoms with E-state index in [2.05, 4.69) is 43.0 Å². The maximum atomic E-state index is 12.0. The van der Waals surface area contributed by atoms with Gasteiger partial charge in [0.15, 0.2) is 0 Å².